The van der Waals surface area contributed by atoms with Crippen LogP contribution >= 0.6 is 15.9 Å². The Morgan fingerprint density at radius 2 is 2.05 bits per heavy atom. The van der Waals surface area contributed by atoms with E-state index in [2.05, 4.69) is 15.9 Å². The summed E-state index contributed by atoms with van der Waals surface area (Å²) in [6, 6.07) is 11.3. The summed E-state index contributed by atoms with van der Waals surface area (Å²) in [6.07, 6.45) is -0.785. The quantitative estimate of drug-likeness (QED) is 0.848. The Morgan fingerprint density at radius 3 is 2.74 bits per heavy atom. The summed E-state index contributed by atoms with van der Waals surface area (Å²) in [5.41, 5.74) is 6.91. The maximum atomic E-state index is 13.0. The van der Waals surface area contributed by atoms with Crippen LogP contribution in [0.1, 0.15) is 11.7 Å². The molecule has 0 saturated heterocycles. The van der Waals surface area contributed by atoms with Gasteiger partial charge in [-0.05, 0) is 51.8 Å². The van der Waals surface area contributed by atoms with E-state index in [9.17, 15) is 9.50 Å². The van der Waals surface area contributed by atoms with E-state index in [4.69, 9.17) is 10.5 Å². The first-order valence-electron chi connectivity index (χ1n) is 5.67. The maximum absolute atomic E-state index is 13.0. The molecule has 3 nitrogen and oxygen atoms in total. The molecule has 3 N–H and O–H groups in total. The van der Waals surface area contributed by atoms with Gasteiger partial charge in [0.1, 0.15) is 24.3 Å². The predicted molar refractivity (Wildman–Crippen MR) is 75.4 cm³/mol. The molecule has 19 heavy (non-hydrogen) atoms. The first kappa shape index (κ1) is 13.8. The molecule has 2 aromatic rings. The van der Waals surface area contributed by atoms with Crippen LogP contribution in [0.3, 0.4) is 0 Å². The molecule has 100 valence electrons. The van der Waals surface area contributed by atoms with Gasteiger partial charge in [0.25, 0.3) is 0 Å². The molecule has 0 fully saturated rings. The third kappa shape index (κ3) is 3.68. The predicted octanol–water partition coefficient (Wildman–Crippen LogP) is 3.28. The van der Waals surface area contributed by atoms with Gasteiger partial charge in [-0.2, -0.15) is 0 Å². The molecule has 0 aliphatic heterocycles. The lowest BCUT2D eigenvalue weighted by Gasteiger charge is -2.13. The van der Waals surface area contributed by atoms with Crippen LogP contribution in [0.5, 0.6) is 5.75 Å². The number of aliphatic hydroxyl groups excluding tert-OH is 1. The van der Waals surface area contributed by atoms with Crippen molar-refractivity contribution in [2.45, 2.75) is 6.10 Å². The van der Waals surface area contributed by atoms with Gasteiger partial charge in [-0.1, -0.05) is 12.1 Å². The van der Waals surface area contributed by atoms with E-state index >= 15 is 0 Å². The molecule has 0 aliphatic rings. The second-order valence-corrected chi connectivity index (χ2v) is 4.93. The number of ether oxygens (including phenoxy) is 1. The highest BCUT2D eigenvalue weighted by atomic mass is 79.9. The molecule has 0 saturated carbocycles. The van der Waals surface area contributed by atoms with E-state index in [0.717, 1.165) is 0 Å². The van der Waals surface area contributed by atoms with Gasteiger partial charge >= 0.3 is 0 Å². The Bertz CT molecular complexity index is 577. The van der Waals surface area contributed by atoms with Gasteiger partial charge in [0.15, 0.2) is 0 Å². The van der Waals surface area contributed by atoms with E-state index < -0.39 is 6.10 Å². The van der Waals surface area contributed by atoms with Crippen molar-refractivity contribution < 1.29 is 14.2 Å². The van der Waals surface area contributed by atoms with Crippen molar-refractivity contribution in [3.05, 3.63) is 58.3 Å². The van der Waals surface area contributed by atoms with Crippen LogP contribution in [0.25, 0.3) is 0 Å². The van der Waals surface area contributed by atoms with Crippen LogP contribution in [-0.4, -0.2) is 11.7 Å². The smallest absolute Gasteiger partial charge is 0.137 e. The molecule has 5 heteroatoms. The lowest BCUT2D eigenvalue weighted by Crippen LogP contribution is -2.10. The summed E-state index contributed by atoms with van der Waals surface area (Å²) in [5, 5.41) is 9.96. The normalized spacial score (nSPS) is 12.2. The van der Waals surface area contributed by atoms with Crippen LogP contribution in [0.2, 0.25) is 0 Å². The number of anilines is 1. The van der Waals surface area contributed by atoms with E-state index in [1.54, 1.807) is 24.3 Å². The van der Waals surface area contributed by atoms with Crippen molar-refractivity contribution in [1.82, 2.24) is 0 Å². The van der Waals surface area contributed by atoms with Gasteiger partial charge in [0.05, 0.1) is 4.47 Å². The summed E-state index contributed by atoms with van der Waals surface area (Å²) >= 11 is 3.07. The topological polar surface area (TPSA) is 55.5 Å². The highest BCUT2D eigenvalue weighted by molar-refractivity contribution is 9.10. The maximum Gasteiger partial charge on any atom is 0.137 e. The largest absolute Gasteiger partial charge is 0.490 e. The fourth-order valence-electron chi connectivity index (χ4n) is 1.60. The summed E-state index contributed by atoms with van der Waals surface area (Å²) in [6.45, 7) is 0.0710. The van der Waals surface area contributed by atoms with Crippen LogP contribution in [-0.2, 0) is 0 Å². The number of nitrogen functional groups attached to an aromatic ring is 1. The minimum absolute atomic E-state index is 0.0710. The highest BCUT2D eigenvalue weighted by Gasteiger charge is 2.09. The minimum atomic E-state index is -0.785. The fraction of sp³-hybridized carbons (Fsp3) is 0.143. The number of hydrogen-bond donors (Lipinski definition) is 2. The van der Waals surface area contributed by atoms with Gasteiger partial charge in [-0.15, -0.1) is 0 Å². The molecule has 2 aromatic carbocycles. The Morgan fingerprint density at radius 1 is 1.26 bits per heavy atom. The van der Waals surface area contributed by atoms with Crippen molar-refractivity contribution >= 4 is 21.6 Å². The zero-order valence-corrected chi connectivity index (χ0v) is 11.6. The molecule has 0 aromatic heterocycles. The third-order valence-corrected chi connectivity index (χ3v) is 3.20. The molecule has 1 unspecified atom stereocenters. The van der Waals surface area contributed by atoms with Crippen LogP contribution < -0.4 is 10.5 Å². The average molecular weight is 326 g/mol. The van der Waals surface area contributed by atoms with E-state index in [0.29, 0.717) is 21.5 Å². The summed E-state index contributed by atoms with van der Waals surface area (Å²) in [7, 11) is 0. The lowest BCUT2D eigenvalue weighted by molar-refractivity contribution is 0.108. The van der Waals surface area contributed by atoms with Crippen LogP contribution in [0.4, 0.5) is 10.1 Å². The van der Waals surface area contributed by atoms with Crippen molar-refractivity contribution in [2.75, 3.05) is 12.3 Å². The molecule has 1 atom stereocenters. The van der Waals surface area contributed by atoms with E-state index in [-0.39, 0.29) is 12.4 Å². The van der Waals surface area contributed by atoms with Crippen LogP contribution in [0.15, 0.2) is 46.9 Å². The third-order valence-electron chi connectivity index (χ3n) is 2.59. The molecule has 0 heterocycles. The molecule has 0 amide bonds. The van der Waals surface area contributed by atoms with Gasteiger partial charge < -0.3 is 15.6 Å². The number of nitrogens with two attached hydrogens (primary N) is 1. The summed E-state index contributed by atoms with van der Waals surface area (Å²) in [4.78, 5) is 0. The minimum Gasteiger partial charge on any atom is -0.490 e. The Labute approximate surface area is 118 Å². The van der Waals surface area contributed by atoms with Gasteiger partial charge in [0.2, 0.25) is 0 Å². The zero-order valence-electron chi connectivity index (χ0n) is 10.0. The average Bonchev–Trinajstić information content (AvgIpc) is 2.40. The first-order chi connectivity index (χ1) is 9.06. The Hall–Kier alpha value is -1.59. The molecular formula is C14H13BrFNO2. The van der Waals surface area contributed by atoms with Gasteiger partial charge in [-0.25, -0.2) is 4.39 Å². The van der Waals surface area contributed by atoms with E-state index in [1.807, 2.05) is 0 Å². The van der Waals surface area contributed by atoms with Crippen molar-refractivity contribution in [2.24, 2.45) is 0 Å². The molecular weight excluding hydrogens is 313 g/mol. The number of aliphatic hydroxyl groups is 1. The Balaban J connectivity index is 2.00. The second-order valence-electron chi connectivity index (χ2n) is 4.07. The molecule has 0 radical (unpaired) electrons. The molecule has 2 rings (SSSR count). The molecule has 0 bridgehead atoms. The molecule has 0 aliphatic carbocycles. The van der Waals surface area contributed by atoms with E-state index in [1.165, 1.54) is 18.2 Å². The zero-order chi connectivity index (χ0) is 13.8. The number of halogens is 2. The second kappa shape index (κ2) is 6.04. The van der Waals surface area contributed by atoms with Crippen molar-refractivity contribution in [1.29, 1.82) is 0 Å². The summed E-state index contributed by atoms with van der Waals surface area (Å²) < 4.78 is 18.8. The number of rotatable bonds is 4. The summed E-state index contributed by atoms with van der Waals surface area (Å²) in [5.74, 6) is 0.125. The first-order valence-corrected chi connectivity index (χ1v) is 6.47. The number of benzene rings is 2. The fourth-order valence-corrected chi connectivity index (χ4v) is 1.96. The Kier molecular flexibility index (Phi) is 4.39. The molecule has 0 spiro atoms. The standard InChI is InChI=1S/C14H13BrFNO2/c15-12-7-11(4-5-13(12)16)19-8-14(18)9-2-1-3-10(17)6-9/h1-7,14,18H,8,17H2. The van der Waals surface area contributed by atoms with Crippen molar-refractivity contribution in [3.8, 4) is 5.75 Å². The number of hydrogen-bond acceptors (Lipinski definition) is 3. The monoisotopic (exact) mass is 325 g/mol. The SMILES string of the molecule is Nc1cccc(C(O)COc2ccc(F)c(Br)c2)c1. The van der Waals surface area contributed by atoms with Gasteiger partial charge in [0, 0.05) is 5.69 Å². The van der Waals surface area contributed by atoms with Crippen LogP contribution in [0, 0.1) is 5.82 Å². The van der Waals surface area contributed by atoms with Gasteiger partial charge in [-0.3, -0.25) is 0 Å². The highest BCUT2D eigenvalue weighted by Crippen LogP contribution is 2.23. The lowest BCUT2D eigenvalue weighted by atomic mass is 10.1. The van der Waals surface area contributed by atoms with Crippen molar-refractivity contribution in [3.63, 3.8) is 0 Å².